The molecule has 0 unspecified atom stereocenters. The molecule has 0 aromatic rings. The molecular weight excluding hydrogens is 190 g/mol. The van der Waals surface area contributed by atoms with Crippen LogP contribution in [0.15, 0.2) is 0 Å². The number of hydrogen-bond acceptors (Lipinski definition) is 3. The molecule has 0 radical (unpaired) electrons. The van der Waals surface area contributed by atoms with Gasteiger partial charge in [-0.3, -0.25) is 0 Å². The first kappa shape index (κ1) is 12.9. The summed E-state index contributed by atoms with van der Waals surface area (Å²) in [6.45, 7) is 4.74. The lowest BCUT2D eigenvalue weighted by molar-refractivity contribution is 0.124. The second-order valence-electron chi connectivity index (χ2n) is 4.29. The van der Waals surface area contributed by atoms with Crippen molar-refractivity contribution >= 4 is 0 Å². The smallest absolute Gasteiger partial charge is 0.0587 e. The average molecular weight is 215 g/mol. The van der Waals surface area contributed by atoms with Gasteiger partial charge in [0.05, 0.1) is 6.61 Å². The highest BCUT2D eigenvalue weighted by molar-refractivity contribution is 4.72. The van der Waals surface area contributed by atoms with Gasteiger partial charge in [0.2, 0.25) is 0 Å². The van der Waals surface area contributed by atoms with Crippen LogP contribution < -0.4 is 5.32 Å². The van der Waals surface area contributed by atoms with E-state index in [9.17, 15) is 0 Å². The van der Waals surface area contributed by atoms with Crippen LogP contribution in [0, 0.1) is 5.92 Å². The molecule has 3 heteroatoms. The largest absolute Gasteiger partial charge is 0.383 e. The fraction of sp³-hybridized carbons (Fsp3) is 1.00. The van der Waals surface area contributed by atoms with Crippen molar-refractivity contribution in [3.05, 3.63) is 0 Å². The molecule has 1 aliphatic rings. The molecule has 15 heavy (non-hydrogen) atoms. The van der Waals surface area contributed by atoms with Gasteiger partial charge in [0.25, 0.3) is 0 Å². The van der Waals surface area contributed by atoms with Crippen LogP contribution in [-0.4, -0.2) is 40.0 Å². The molecule has 0 heterocycles. The lowest BCUT2D eigenvalue weighted by atomic mass is 10.3. The van der Waals surface area contributed by atoms with Crippen LogP contribution in [0.5, 0.6) is 0 Å². The zero-order chi connectivity index (χ0) is 10.8. The number of rotatable bonds is 11. The van der Waals surface area contributed by atoms with Crippen molar-refractivity contribution in [2.24, 2.45) is 5.92 Å². The van der Waals surface area contributed by atoms with E-state index in [1.807, 2.05) is 0 Å². The molecule has 0 aromatic carbocycles. The first-order valence-electron chi connectivity index (χ1n) is 6.21. The minimum absolute atomic E-state index is 0.803. The maximum atomic E-state index is 5.56. The van der Waals surface area contributed by atoms with Crippen molar-refractivity contribution < 1.29 is 9.47 Å². The molecule has 1 saturated carbocycles. The van der Waals surface area contributed by atoms with E-state index in [4.69, 9.17) is 9.47 Å². The molecule has 0 aromatic heterocycles. The van der Waals surface area contributed by atoms with Gasteiger partial charge in [-0.2, -0.15) is 0 Å². The predicted molar refractivity (Wildman–Crippen MR) is 62.1 cm³/mol. The normalized spacial score (nSPS) is 15.8. The van der Waals surface area contributed by atoms with Gasteiger partial charge in [-0.05, 0) is 31.7 Å². The third-order valence-electron chi connectivity index (χ3n) is 2.74. The van der Waals surface area contributed by atoms with Gasteiger partial charge in [0, 0.05) is 26.9 Å². The minimum Gasteiger partial charge on any atom is -0.383 e. The second kappa shape index (κ2) is 9.13. The van der Waals surface area contributed by atoms with E-state index >= 15 is 0 Å². The number of hydrogen-bond donors (Lipinski definition) is 1. The molecule has 90 valence electrons. The quantitative estimate of drug-likeness (QED) is 0.533. The molecule has 0 atom stereocenters. The van der Waals surface area contributed by atoms with Crippen LogP contribution in [0.25, 0.3) is 0 Å². The summed E-state index contributed by atoms with van der Waals surface area (Å²) in [5.41, 5.74) is 0. The lowest BCUT2D eigenvalue weighted by Gasteiger charge is -2.05. The maximum absolute atomic E-state index is 5.56. The van der Waals surface area contributed by atoms with Gasteiger partial charge in [-0.25, -0.2) is 0 Å². The summed E-state index contributed by atoms with van der Waals surface area (Å²) in [4.78, 5) is 0. The summed E-state index contributed by atoms with van der Waals surface area (Å²) in [5.74, 6) is 1.00. The summed E-state index contributed by atoms with van der Waals surface area (Å²) in [6.07, 6.45) is 6.53. The van der Waals surface area contributed by atoms with Crippen molar-refractivity contribution in [2.45, 2.75) is 32.1 Å². The average Bonchev–Trinajstić information content (AvgIpc) is 3.05. The molecule has 1 rings (SSSR count). The Morgan fingerprint density at radius 1 is 1.07 bits per heavy atom. The number of nitrogens with one attached hydrogen (secondary N) is 1. The molecule has 0 amide bonds. The molecule has 0 bridgehead atoms. The summed E-state index contributed by atoms with van der Waals surface area (Å²) in [6, 6.07) is 0. The zero-order valence-corrected chi connectivity index (χ0v) is 9.96. The highest BCUT2D eigenvalue weighted by atomic mass is 16.5. The fourth-order valence-electron chi connectivity index (χ4n) is 1.51. The van der Waals surface area contributed by atoms with Crippen LogP contribution in [-0.2, 0) is 9.47 Å². The summed E-state index contributed by atoms with van der Waals surface area (Å²) < 4.78 is 10.5. The van der Waals surface area contributed by atoms with Crippen LogP contribution in [0.1, 0.15) is 32.1 Å². The molecule has 3 nitrogen and oxygen atoms in total. The molecule has 1 aliphatic carbocycles. The van der Waals surface area contributed by atoms with E-state index in [0.717, 1.165) is 38.8 Å². The Morgan fingerprint density at radius 2 is 1.93 bits per heavy atom. The highest BCUT2D eigenvalue weighted by Crippen LogP contribution is 2.32. The molecule has 1 N–H and O–H groups in total. The van der Waals surface area contributed by atoms with Crippen LogP contribution in [0.3, 0.4) is 0 Å². The Labute approximate surface area is 93.5 Å². The van der Waals surface area contributed by atoms with E-state index in [-0.39, 0.29) is 0 Å². The van der Waals surface area contributed by atoms with Gasteiger partial charge in [0.15, 0.2) is 0 Å². The summed E-state index contributed by atoms with van der Waals surface area (Å²) in [7, 11) is 1.73. The molecular formula is C12H25NO2. The van der Waals surface area contributed by atoms with E-state index in [1.54, 1.807) is 7.11 Å². The Kier molecular flexibility index (Phi) is 7.88. The van der Waals surface area contributed by atoms with Crippen molar-refractivity contribution in [3.63, 3.8) is 0 Å². The van der Waals surface area contributed by atoms with Crippen molar-refractivity contribution in [1.29, 1.82) is 0 Å². The predicted octanol–water partition coefficient (Wildman–Crippen LogP) is 1.82. The standard InChI is InChI=1S/C12H25NO2/c1-14-11-8-13-7-2-3-9-15-10-6-12-4-5-12/h12-13H,2-11H2,1H3. The Morgan fingerprint density at radius 3 is 2.67 bits per heavy atom. The molecule has 0 aliphatic heterocycles. The minimum atomic E-state index is 0.803. The highest BCUT2D eigenvalue weighted by Gasteiger charge is 2.20. The zero-order valence-electron chi connectivity index (χ0n) is 9.96. The molecule has 1 fully saturated rings. The van der Waals surface area contributed by atoms with E-state index in [1.165, 1.54) is 32.1 Å². The lowest BCUT2D eigenvalue weighted by Crippen LogP contribution is -2.20. The Hall–Kier alpha value is -0.120. The van der Waals surface area contributed by atoms with E-state index < -0.39 is 0 Å². The first-order valence-corrected chi connectivity index (χ1v) is 6.21. The number of ether oxygens (including phenoxy) is 2. The second-order valence-corrected chi connectivity index (χ2v) is 4.29. The third kappa shape index (κ3) is 8.85. The summed E-state index contributed by atoms with van der Waals surface area (Å²) >= 11 is 0. The third-order valence-corrected chi connectivity index (χ3v) is 2.74. The van der Waals surface area contributed by atoms with Crippen LogP contribution >= 0.6 is 0 Å². The number of methoxy groups -OCH3 is 1. The van der Waals surface area contributed by atoms with Gasteiger partial charge in [-0.1, -0.05) is 12.8 Å². The van der Waals surface area contributed by atoms with Gasteiger partial charge in [-0.15, -0.1) is 0 Å². The SMILES string of the molecule is COCCNCCCCOCCC1CC1. The van der Waals surface area contributed by atoms with E-state index in [0.29, 0.717) is 0 Å². The van der Waals surface area contributed by atoms with Gasteiger partial charge in [0.1, 0.15) is 0 Å². The topological polar surface area (TPSA) is 30.5 Å². The summed E-state index contributed by atoms with van der Waals surface area (Å²) in [5, 5.41) is 3.32. The van der Waals surface area contributed by atoms with E-state index in [2.05, 4.69) is 5.32 Å². The van der Waals surface area contributed by atoms with Crippen molar-refractivity contribution in [2.75, 3.05) is 40.0 Å². The van der Waals surface area contributed by atoms with Gasteiger partial charge >= 0.3 is 0 Å². The molecule has 0 spiro atoms. The van der Waals surface area contributed by atoms with Crippen LogP contribution in [0.4, 0.5) is 0 Å². The van der Waals surface area contributed by atoms with Gasteiger partial charge < -0.3 is 14.8 Å². The van der Waals surface area contributed by atoms with Crippen molar-refractivity contribution in [1.82, 2.24) is 5.32 Å². The maximum Gasteiger partial charge on any atom is 0.0587 e. The first-order chi connectivity index (χ1) is 7.43. The van der Waals surface area contributed by atoms with Crippen LogP contribution in [0.2, 0.25) is 0 Å². The monoisotopic (exact) mass is 215 g/mol. The Bertz CT molecular complexity index is 138. The van der Waals surface area contributed by atoms with Crippen molar-refractivity contribution in [3.8, 4) is 0 Å². The number of unbranched alkanes of at least 4 members (excludes halogenated alkanes) is 1. The fourth-order valence-corrected chi connectivity index (χ4v) is 1.51. The molecule has 0 saturated heterocycles. The Balaban J connectivity index is 1.62.